The Hall–Kier alpha value is -3.10. The topological polar surface area (TPSA) is 97.1 Å². The summed E-state index contributed by atoms with van der Waals surface area (Å²) in [5, 5.41) is 0. The summed E-state index contributed by atoms with van der Waals surface area (Å²) in [6.45, 7) is 2.46. The van der Waals surface area contributed by atoms with Gasteiger partial charge in [0.15, 0.2) is 0 Å². The third-order valence-electron chi connectivity index (χ3n) is 4.59. The minimum atomic E-state index is -0.408. The molecule has 0 radical (unpaired) electrons. The summed E-state index contributed by atoms with van der Waals surface area (Å²) < 4.78 is 10.8. The number of hydrogen-bond acceptors (Lipinski definition) is 5. The summed E-state index contributed by atoms with van der Waals surface area (Å²) in [7, 11) is 1.53. The van der Waals surface area contributed by atoms with Crippen molar-refractivity contribution < 1.29 is 19.1 Å². The van der Waals surface area contributed by atoms with Gasteiger partial charge in [-0.25, -0.2) is 10.6 Å². The molecular weight excluding hydrogens is 360 g/mol. The zero-order chi connectivity index (χ0) is 19.9. The van der Waals surface area contributed by atoms with E-state index in [1.165, 1.54) is 7.11 Å². The minimum Gasteiger partial charge on any atom is -0.496 e. The van der Waals surface area contributed by atoms with E-state index in [1.807, 2.05) is 30.3 Å². The first-order valence-electron chi connectivity index (χ1n) is 9.01. The molecule has 3 N–H and O–H groups in total. The van der Waals surface area contributed by atoms with E-state index in [0.29, 0.717) is 44.2 Å². The summed E-state index contributed by atoms with van der Waals surface area (Å²) in [6, 6.07) is 14.4. The highest BCUT2D eigenvalue weighted by Gasteiger charge is 2.25. The molecule has 1 aliphatic heterocycles. The number of nitrogens with one attached hydrogen (secondary N) is 1. The van der Waals surface area contributed by atoms with Crippen LogP contribution in [0.3, 0.4) is 0 Å². The summed E-state index contributed by atoms with van der Waals surface area (Å²) in [5.41, 5.74) is 4.05. The van der Waals surface area contributed by atoms with E-state index in [9.17, 15) is 9.59 Å². The van der Waals surface area contributed by atoms with Gasteiger partial charge < -0.3 is 14.4 Å². The van der Waals surface area contributed by atoms with Gasteiger partial charge in [0, 0.05) is 29.9 Å². The smallest absolute Gasteiger partial charge is 0.324 e. The molecule has 1 fully saturated rings. The molecule has 0 atom stereocenters. The van der Waals surface area contributed by atoms with Crippen molar-refractivity contribution in [2.75, 3.05) is 38.3 Å². The van der Waals surface area contributed by atoms with Crippen LogP contribution in [0, 0.1) is 0 Å². The van der Waals surface area contributed by atoms with Gasteiger partial charge in [0.05, 0.1) is 26.9 Å². The first kappa shape index (κ1) is 19.7. The van der Waals surface area contributed by atoms with Crippen molar-refractivity contribution in [2.45, 2.75) is 6.54 Å². The number of para-hydroxylation sites is 1. The maximum atomic E-state index is 13.2. The Morgan fingerprint density at radius 3 is 2.54 bits per heavy atom. The number of hydrazine groups is 1. The van der Waals surface area contributed by atoms with Gasteiger partial charge in [0.2, 0.25) is 0 Å². The van der Waals surface area contributed by atoms with E-state index < -0.39 is 5.91 Å². The van der Waals surface area contributed by atoms with Gasteiger partial charge in [0.1, 0.15) is 5.75 Å². The molecule has 0 spiro atoms. The number of amides is 3. The van der Waals surface area contributed by atoms with Crippen LogP contribution in [0.4, 0.5) is 10.5 Å². The summed E-state index contributed by atoms with van der Waals surface area (Å²) in [4.78, 5) is 28.5. The lowest BCUT2D eigenvalue weighted by molar-refractivity contribution is 0.0548. The van der Waals surface area contributed by atoms with Gasteiger partial charge in [-0.15, -0.1) is 0 Å². The van der Waals surface area contributed by atoms with Crippen LogP contribution in [0.25, 0.3) is 0 Å². The molecule has 3 rings (SSSR count). The van der Waals surface area contributed by atoms with Crippen LogP contribution < -0.4 is 20.9 Å². The Morgan fingerprint density at radius 2 is 1.89 bits per heavy atom. The lowest BCUT2D eigenvalue weighted by Gasteiger charge is -2.33. The molecule has 8 nitrogen and oxygen atoms in total. The normalized spacial score (nSPS) is 13.7. The number of hydrogen-bond donors (Lipinski definition) is 2. The Balaban J connectivity index is 1.91. The molecule has 1 aliphatic rings. The molecule has 0 aliphatic carbocycles. The molecule has 28 heavy (non-hydrogen) atoms. The van der Waals surface area contributed by atoms with Gasteiger partial charge in [-0.3, -0.25) is 15.1 Å². The van der Waals surface area contributed by atoms with E-state index in [0.717, 1.165) is 11.3 Å². The number of ether oxygens (including phenoxy) is 2. The first-order chi connectivity index (χ1) is 13.6. The summed E-state index contributed by atoms with van der Waals surface area (Å²) in [5.74, 6) is 5.31. The maximum absolute atomic E-state index is 13.2. The maximum Gasteiger partial charge on any atom is 0.324 e. The van der Waals surface area contributed by atoms with Gasteiger partial charge in [-0.05, 0) is 24.3 Å². The highest BCUT2D eigenvalue weighted by Crippen LogP contribution is 2.26. The number of morpholine rings is 1. The second-order valence-electron chi connectivity index (χ2n) is 6.30. The molecular formula is C20H24N4O4. The van der Waals surface area contributed by atoms with Crippen molar-refractivity contribution in [3.8, 4) is 5.75 Å². The van der Waals surface area contributed by atoms with E-state index >= 15 is 0 Å². The van der Waals surface area contributed by atoms with Crippen LogP contribution in [0.1, 0.15) is 15.9 Å². The van der Waals surface area contributed by atoms with E-state index in [2.05, 4.69) is 5.43 Å². The van der Waals surface area contributed by atoms with Crippen molar-refractivity contribution in [2.24, 2.45) is 5.84 Å². The number of rotatable bonds is 5. The molecule has 1 heterocycles. The number of nitrogens with zero attached hydrogens (tertiary/aromatic N) is 2. The van der Waals surface area contributed by atoms with Gasteiger partial charge in [0.25, 0.3) is 5.91 Å². The Bertz CT molecular complexity index is 822. The SMILES string of the molecule is COc1cc(C(=O)NN)ccc1CN(C(=O)N1CCOCC1)c1ccccc1. The second kappa shape index (κ2) is 9.20. The fourth-order valence-corrected chi connectivity index (χ4v) is 3.07. The molecule has 2 aromatic carbocycles. The monoisotopic (exact) mass is 384 g/mol. The number of nitrogens with two attached hydrogens (primary N) is 1. The van der Waals surface area contributed by atoms with Crippen molar-refractivity contribution in [1.29, 1.82) is 0 Å². The summed E-state index contributed by atoms with van der Waals surface area (Å²) >= 11 is 0. The van der Waals surface area contributed by atoms with Crippen LogP contribution in [0.15, 0.2) is 48.5 Å². The van der Waals surface area contributed by atoms with Crippen LogP contribution in [-0.4, -0.2) is 50.3 Å². The third-order valence-corrected chi connectivity index (χ3v) is 4.59. The van der Waals surface area contributed by atoms with Crippen molar-refractivity contribution >= 4 is 17.6 Å². The predicted octanol–water partition coefficient (Wildman–Crippen LogP) is 1.76. The number of methoxy groups -OCH3 is 1. The minimum absolute atomic E-state index is 0.0969. The van der Waals surface area contributed by atoms with Gasteiger partial charge in [-0.2, -0.15) is 0 Å². The number of urea groups is 1. The average molecular weight is 384 g/mol. The molecule has 0 saturated carbocycles. The van der Waals surface area contributed by atoms with Gasteiger partial charge >= 0.3 is 6.03 Å². The summed E-state index contributed by atoms with van der Waals surface area (Å²) in [6.07, 6.45) is 0. The number of carbonyl (C=O) groups excluding carboxylic acids is 2. The van der Waals surface area contributed by atoms with Crippen molar-refractivity contribution in [3.63, 3.8) is 0 Å². The standard InChI is InChI=1S/C20H24N4O4/c1-27-18-13-15(19(25)22-21)7-8-16(18)14-24(17-5-3-2-4-6-17)20(26)23-9-11-28-12-10-23/h2-8,13H,9-12,14,21H2,1H3,(H,22,25). The number of carbonyl (C=O) groups is 2. The molecule has 0 aromatic heterocycles. The number of anilines is 1. The quantitative estimate of drug-likeness (QED) is 0.465. The fourth-order valence-electron chi connectivity index (χ4n) is 3.07. The van der Waals surface area contributed by atoms with Crippen molar-refractivity contribution in [3.05, 3.63) is 59.7 Å². The molecule has 8 heteroatoms. The van der Waals surface area contributed by atoms with E-state index in [-0.39, 0.29) is 6.03 Å². The Labute approximate surface area is 163 Å². The van der Waals surface area contributed by atoms with Crippen LogP contribution in [0.5, 0.6) is 5.75 Å². The Kier molecular flexibility index (Phi) is 6.46. The number of benzene rings is 2. The molecule has 2 aromatic rings. The molecule has 0 bridgehead atoms. The highest BCUT2D eigenvalue weighted by molar-refractivity contribution is 5.94. The third kappa shape index (κ3) is 4.41. The lowest BCUT2D eigenvalue weighted by atomic mass is 10.1. The van der Waals surface area contributed by atoms with Crippen LogP contribution >= 0.6 is 0 Å². The first-order valence-corrected chi connectivity index (χ1v) is 9.01. The van der Waals surface area contributed by atoms with E-state index in [4.69, 9.17) is 15.3 Å². The largest absolute Gasteiger partial charge is 0.496 e. The second-order valence-corrected chi connectivity index (χ2v) is 6.30. The predicted molar refractivity (Wildman–Crippen MR) is 105 cm³/mol. The molecule has 1 saturated heterocycles. The molecule has 0 unspecified atom stereocenters. The fraction of sp³-hybridized carbons (Fsp3) is 0.300. The molecule has 148 valence electrons. The number of nitrogen functional groups attached to an aromatic ring is 1. The lowest BCUT2D eigenvalue weighted by Crippen LogP contribution is -2.48. The molecule has 3 amide bonds. The highest BCUT2D eigenvalue weighted by atomic mass is 16.5. The van der Waals surface area contributed by atoms with Crippen LogP contribution in [-0.2, 0) is 11.3 Å². The zero-order valence-electron chi connectivity index (χ0n) is 15.8. The van der Waals surface area contributed by atoms with Crippen LogP contribution in [0.2, 0.25) is 0 Å². The average Bonchev–Trinajstić information content (AvgIpc) is 2.77. The van der Waals surface area contributed by atoms with Gasteiger partial charge in [-0.1, -0.05) is 24.3 Å². The van der Waals surface area contributed by atoms with E-state index in [1.54, 1.807) is 28.0 Å². The zero-order valence-corrected chi connectivity index (χ0v) is 15.8. The Morgan fingerprint density at radius 1 is 1.18 bits per heavy atom. The van der Waals surface area contributed by atoms with Crippen molar-refractivity contribution in [1.82, 2.24) is 10.3 Å².